The van der Waals surface area contributed by atoms with Gasteiger partial charge in [0.15, 0.2) is 0 Å². The average Bonchev–Trinajstić information content (AvgIpc) is 3.17. The first kappa shape index (κ1) is 43.0. The van der Waals surface area contributed by atoms with Crippen LogP contribution in [-0.2, 0) is 42.3 Å². The van der Waals surface area contributed by atoms with Crippen molar-refractivity contribution in [1.82, 2.24) is 20.8 Å². The smallest absolute Gasteiger partial charge is 0.741 e. The predicted molar refractivity (Wildman–Crippen MR) is 201 cm³/mol. The van der Waals surface area contributed by atoms with Crippen LogP contribution < -0.4 is 29.5 Å². The standard InChI is InChI=1S/2C19H16N4S.ClHO4.Fe/c2*24-19(21-16-11-5-2-6-12-16)23-22-18(15-9-3-1-4-10-15)17-13-7-8-14-20-17;2-1(3,4)5;/h2*1-14H,(H2,21,23,24);(H,2,3,4,5);/q;;;+3/p-3/b2*22-18+;;. The van der Waals surface area contributed by atoms with E-state index in [1.165, 1.54) is 0 Å². The second-order valence-corrected chi connectivity index (χ2v) is 11.7. The zero-order valence-electron chi connectivity index (χ0n) is 28.0. The Labute approximate surface area is 336 Å². The number of benzene rings is 4. The SMILES string of the molecule is [Fe+3].[O-][Cl+3]([O-])([O-])[O-].[S-]C(=Nc1ccccc1)N/N=C(\c1ccccc1)c1ccccn1.[S-]C(=Nc1ccccc1)N/N=C(\c1ccccc1)c1ccccn1. The van der Waals surface area contributed by atoms with Gasteiger partial charge in [0.1, 0.15) is 11.4 Å². The number of rotatable bonds is 8. The van der Waals surface area contributed by atoms with Gasteiger partial charge in [-0.15, -0.1) is 10.2 Å². The second kappa shape index (κ2) is 23.3. The van der Waals surface area contributed by atoms with Crippen molar-refractivity contribution in [1.29, 1.82) is 0 Å². The van der Waals surface area contributed by atoms with E-state index in [1.807, 2.05) is 158 Å². The molecular formula is C38H30ClFeN8O4S2. The Balaban J connectivity index is 0.000000254. The Morgan fingerprint density at radius 1 is 0.463 bits per heavy atom. The number of pyridine rings is 2. The number of hydrogen-bond acceptors (Lipinski definition) is 12. The summed E-state index contributed by atoms with van der Waals surface area (Å²) in [7, 11) is -4.94. The molecule has 1 radical (unpaired) electrons. The average molecular weight is 818 g/mol. The molecule has 0 aliphatic heterocycles. The van der Waals surface area contributed by atoms with Crippen molar-refractivity contribution in [2.24, 2.45) is 20.2 Å². The van der Waals surface area contributed by atoms with Crippen molar-refractivity contribution >= 4 is 58.4 Å². The minimum atomic E-state index is -4.94. The third-order valence-electron chi connectivity index (χ3n) is 6.41. The zero-order chi connectivity index (χ0) is 37.7. The Morgan fingerprint density at radius 2 is 0.759 bits per heavy atom. The maximum atomic E-state index is 8.49. The summed E-state index contributed by atoms with van der Waals surface area (Å²) in [6.45, 7) is 0. The first-order valence-corrected chi connectivity index (χ1v) is 17.5. The fraction of sp³-hybridized carbons (Fsp3) is 0. The van der Waals surface area contributed by atoms with Crippen LogP contribution in [0.15, 0.2) is 190 Å². The monoisotopic (exact) mass is 817 g/mol. The number of para-hydroxylation sites is 2. The van der Waals surface area contributed by atoms with Crippen LogP contribution in [0, 0.1) is 10.2 Å². The zero-order valence-corrected chi connectivity index (χ0v) is 31.5. The molecule has 2 heterocycles. The topological polar surface area (TPSA) is 192 Å². The molecular weight excluding hydrogens is 788 g/mol. The van der Waals surface area contributed by atoms with Gasteiger partial charge in [0.25, 0.3) is 0 Å². The number of halogens is 1. The fourth-order valence-corrected chi connectivity index (χ4v) is 4.54. The van der Waals surface area contributed by atoms with Crippen molar-refractivity contribution < 1.29 is 45.9 Å². The normalized spacial score (nSPS) is 11.8. The molecule has 12 nitrogen and oxygen atoms in total. The van der Waals surface area contributed by atoms with Gasteiger partial charge in [-0.25, -0.2) is 18.6 Å². The van der Waals surface area contributed by atoms with E-state index >= 15 is 0 Å². The molecule has 6 rings (SSSR count). The van der Waals surface area contributed by atoms with E-state index in [2.05, 4.69) is 41.0 Å². The number of hydrogen-bond donors (Lipinski definition) is 2. The summed E-state index contributed by atoms with van der Waals surface area (Å²) < 4.78 is 34.0. The van der Waals surface area contributed by atoms with Crippen LogP contribution >= 0.6 is 0 Å². The van der Waals surface area contributed by atoms with Gasteiger partial charge in [0, 0.05) is 33.9 Å². The van der Waals surface area contributed by atoms with Gasteiger partial charge in [-0.2, -0.15) is 10.2 Å². The third kappa shape index (κ3) is 16.5. The summed E-state index contributed by atoms with van der Waals surface area (Å²) in [5.74, 6) is 0. The minimum Gasteiger partial charge on any atom is -0.741 e. The molecule has 0 amide bonds. The van der Waals surface area contributed by atoms with E-state index in [1.54, 1.807) is 12.4 Å². The fourth-order valence-electron chi connectivity index (χ4n) is 4.23. The molecule has 0 unspecified atom stereocenters. The molecule has 0 bridgehead atoms. The third-order valence-corrected chi connectivity index (χ3v) is 6.77. The molecule has 16 heteroatoms. The number of amidine groups is 2. The van der Waals surface area contributed by atoms with Gasteiger partial charge in [0.05, 0.1) is 22.8 Å². The van der Waals surface area contributed by atoms with Crippen LogP contribution in [-0.4, -0.2) is 31.7 Å². The number of hydrazone groups is 2. The first-order valence-electron chi connectivity index (χ1n) is 15.5. The molecule has 0 fully saturated rings. The Hall–Kier alpha value is -5.45. The molecule has 0 aliphatic carbocycles. The van der Waals surface area contributed by atoms with Crippen LogP contribution in [0.2, 0.25) is 0 Å². The largest absolute Gasteiger partial charge is 3.00 e. The molecule has 4 aromatic carbocycles. The second-order valence-electron chi connectivity index (χ2n) is 10.2. The van der Waals surface area contributed by atoms with Gasteiger partial charge in [-0.05, 0) is 48.5 Å². The summed E-state index contributed by atoms with van der Waals surface area (Å²) in [4.78, 5) is 17.4. The molecule has 273 valence electrons. The molecule has 0 saturated carbocycles. The quantitative estimate of drug-likeness (QED) is 0.0759. The van der Waals surface area contributed by atoms with Crippen molar-refractivity contribution in [3.8, 4) is 0 Å². The van der Waals surface area contributed by atoms with Crippen molar-refractivity contribution in [2.45, 2.75) is 0 Å². The van der Waals surface area contributed by atoms with E-state index in [4.69, 9.17) is 43.9 Å². The molecule has 0 spiro atoms. The van der Waals surface area contributed by atoms with Crippen LogP contribution in [0.1, 0.15) is 22.5 Å². The number of nitrogens with zero attached hydrogens (tertiary/aromatic N) is 6. The molecule has 2 N–H and O–H groups in total. The molecule has 0 atom stereocenters. The van der Waals surface area contributed by atoms with E-state index in [0.717, 1.165) is 33.9 Å². The Bertz CT molecular complexity index is 1850. The van der Waals surface area contributed by atoms with Gasteiger partial charge in [-0.1, -0.05) is 109 Å². The summed E-state index contributed by atoms with van der Waals surface area (Å²) in [6.07, 6.45) is 3.47. The molecule has 54 heavy (non-hydrogen) atoms. The molecule has 0 saturated heterocycles. The summed E-state index contributed by atoms with van der Waals surface area (Å²) in [5.41, 5.74) is 12.1. The molecule has 0 aliphatic rings. The van der Waals surface area contributed by atoms with Crippen molar-refractivity contribution in [2.75, 3.05) is 0 Å². The molecule has 2 aromatic heterocycles. The van der Waals surface area contributed by atoms with E-state index in [-0.39, 0.29) is 17.1 Å². The van der Waals surface area contributed by atoms with Crippen molar-refractivity contribution in [3.05, 3.63) is 193 Å². The van der Waals surface area contributed by atoms with E-state index < -0.39 is 10.2 Å². The summed E-state index contributed by atoms with van der Waals surface area (Å²) in [5, 5.41) is 9.45. The Morgan fingerprint density at radius 3 is 1.06 bits per heavy atom. The van der Waals surface area contributed by atoms with Gasteiger partial charge in [-0.3, -0.25) is 30.8 Å². The summed E-state index contributed by atoms with van der Waals surface area (Å²) in [6, 6.07) is 50.1. The first-order chi connectivity index (χ1) is 25.7. The maximum absolute atomic E-state index is 8.49. The summed E-state index contributed by atoms with van der Waals surface area (Å²) >= 11 is 10.5. The number of nitrogens with one attached hydrogen (secondary N) is 2. The predicted octanol–water partition coefficient (Wildman–Crippen LogP) is 2.56. The molecule has 6 aromatic rings. The minimum absolute atomic E-state index is 0. The maximum Gasteiger partial charge on any atom is 3.00 e. The van der Waals surface area contributed by atoms with Crippen molar-refractivity contribution in [3.63, 3.8) is 0 Å². The van der Waals surface area contributed by atoms with Gasteiger partial charge >= 0.3 is 17.1 Å². The van der Waals surface area contributed by atoms with E-state index in [0.29, 0.717) is 21.8 Å². The van der Waals surface area contributed by atoms with Crippen LogP contribution in [0.5, 0.6) is 0 Å². The Kier molecular flexibility index (Phi) is 18.5. The van der Waals surface area contributed by atoms with Crippen LogP contribution in [0.4, 0.5) is 11.4 Å². The van der Waals surface area contributed by atoms with Crippen LogP contribution in [0.3, 0.4) is 0 Å². The van der Waals surface area contributed by atoms with Gasteiger partial charge in [0.2, 0.25) is 0 Å². The van der Waals surface area contributed by atoms with E-state index in [9.17, 15) is 0 Å². The van der Waals surface area contributed by atoms with Crippen LogP contribution in [0.25, 0.3) is 0 Å². The number of aromatic nitrogens is 2. The van der Waals surface area contributed by atoms with Gasteiger partial charge < -0.3 is 25.3 Å². The number of aliphatic imine (C=N–C) groups is 2.